The number of rotatable bonds is 3. The number of nitrogens with two attached hydrogens (primary N) is 1. The third kappa shape index (κ3) is 2.53. The minimum absolute atomic E-state index is 0.390. The highest BCUT2D eigenvalue weighted by molar-refractivity contribution is 7.18. The molecule has 20 heavy (non-hydrogen) atoms. The summed E-state index contributed by atoms with van der Waals surface area (Å²) in [5.41, 5.74) is 9.61. The molecule has 0 amide bonds. The molecule has 106 valence electrons. The third-order valence-corrected chi connectivity index (χ3v) is 4.89. The molecule has 0 fully saturated rings. The first-order chi connectivity index (χ1) is 9.49. The van der Waals surface area contributed by atoms with Crippen LogP contribution in [0.1, 0.15) is 27.7 Å². The quantitative estimate of drug-likeness (QED) is 0.860. The highest BCUT2D eigenvalue weighted by atomic mass is 35.5. The second-order valence-electron chi connectivity index (χ2n) is 4.46. The molecule has 2 aromatic rings. The van der Waals surface area contributed by atoms with Gasteiger partial charge in [0.05, 0.1) is 12.8 Å². The number of carbonyl (C=O) groups excluding carboxylic acids is 1. The standard InChI is InChI=1S/C15H16ClNO2S/c1-4-10-12(17)14(15(18)19-3)20-13(10)9-5-6-11(16)8(2)7-9/h5-7H,4,17H2,1-3H3. The second-order valence-corrected chi connectivity index (χ2v) is 5.89. The van der Waals surface area contributed by atoms with Gasteiger partial charge in [-0.25, -0.2) is 4.79 Å². The molecule has 0 radical (unpaired) electrons. The van der Waals surface area contributed by atoms with Crippen LogP contribution in [-0.4, -0.2) is 13.1 Å². The summed E-state index contributed by atoms with van der Waals surface area (Å²) >= 11 is 7.42. The van der Waals surface area contributed by atoms with E-state index in [1.165, 1.54) is 18.4 Å². The number of methoxy groups -OCH3 is 1. The number of hydrogen-bond donors (Lipinski definition) is 1. The van der Waals surface area contributed by atoms with Crippen molar-refractivity contribution in [1.29, 1.82) is 0 Å². The van der Waals surface area contributed by atoms with E-state index in [1.807, 2.05) is 32.0 Å². The third-order valence-electron chi connectivity index (χ3n) is 3.19. The normalized spacial score (nSPS) is 10.6. The highest BCUT2D eigenvalue weighted by Gasteiger charge is 2.21. The number of nitrogen functional groups attached to an aromatic ring is 1. The van der Waals surface area contributed by atoms with Gasteiger partial charge in [-0.15, -0.1) is 11.3 Å². The predicted octanol–water partition coefficient (Wildman–Crippen LogP) is 4.31. The van der Waals surface area contributed by atoms with Crippen LogP contribution in [0.3, 0.4) is 0 Å². The molecular formula is C15H16ClNO2S. The number of ether oxygens (including phenoxy) is 1. The van der Waals surface area contributed by atoms with Crippen LogP contribution in [0.4, 0.5) is 5.69 Å². The largest absolute Gasteiger partial charge is 0.465 e. The molecular weight excluding hydrogens is 294 g/mol. The first-order valence-corrected chi connectivity index (χ1v) is 7.45. The van der Waals surface area contributed by atoms with Crippen molar-refractivity contribution in [3.05, 3.63) is 39.2 Å². The van der Waals surface area contributed by atoms with Gasteiger partial charge in [-0.3, -0.25) is 0 Å². The average Bonchev–Trinajstić information content (AvgIpc) is 2.78. The molecule has 0 spiro atoms. The molecule has 1 heterocycles. The summed E-state index contributed by atoms with van der Waals surface area (Å²) in [6.07, 6.45) is 0.760. The number of aryl methyl sites for hydroxylation is 1. The summed E-state index contributed by atoms with van der Waals surface area (Å²) in [4.78, 5) is 13.2. The lowest BCUT2D eigenvalue weighted by Crippen LogP contribution is -2.02. The van der Waals surface area contributed by atoms with Crippen molar-refractivity contribution < 1.29 is 9.53 Å². The lowest BCUT2D eigenvalue weighted by Gasteiger charge is -2.05. The van der Waals surface area contributed by atoms with Gasteiger partial charge in [0.25, 0.3) is 0 Å². The van der Waals surface area contributed by atoms with Gasteiger partial charge in [0, 0.05) is 9.90 Å². The van der Waals surface area contributed by atoms with Crippen molar-refractivity contribution in [2.45, 2.75) is 20.3 Å². The van der Waals surface area contributed by atoms with E-state index in [9.17, 15) is 4.79 Å². The molecule has 0 aliphatic rings. The van der Waals surface area contributed by atoms with Gasteiger partial charge < -0.3 is 10.5 Å². The van der Waals surface area contributed by atoms with Crippen molar-refractivity contribution in [3.63, 3.8) is 0 Å². The van der Waals surface area contributed by atoms with Crippen molar-refractivity contribution in [3.8, 4) is 10.4 Å². The Morgan fingerprint density at radius 1 is 1.45 bits per heavy atom. The van der Waals surface area contributed by atoms with Gasteiger partial charge in [0.15, 0.2) is 0 Å². The van der Waals surface area contributed by atoms with E-state index in [-0.39, 0.29) is 5.97 Å². The number of esters is 1. The van der Waals surface area contributed by atoms with Crippen molar-refractivity contribution >= 4 is 34.6 Å². The summed E-state index contributed by atoms with van der Waals surface area (Å²) in [5, 5.41) is 0.726. The van der Waals surface area contributed by atoms with Gasteiger partial charge in [0.1, 0.15) is 4.88 Å². The molecule has 2 N–H and O–H groups in total. The minimum Gasteiger partial charge on any atom is -0.465 e. The van der Waals surface area contributed by atoms with E-state index in [0.717, 1.165) is 33.0 Å². The Labute approximate surface area is 127 Å². The molecule has 0 atom stereocenters. The van der Waals surface area contributed by atoms with Crippen LogP contribution in [0.15, 0.2) is 18.2 Å². The zero-order valence-corrected chi connectivity index (χ0v) is 13.2. The van der Waals surface area contributed by atoms with Crippen LogP contribution >= 0.6 is 22.9 Å². The SMILES string of the molecule is CCc1c(-c2ccc(Cl)c(C)c2)sc(C(=O)OC)c1N. The minimum atomic E-state index is -0.390. The maximum atomic E-state index is 11.8. The van der Waals surface area contributed by atoms with Crippen LogP contribution in [0, 0.1) is 6.92 Å². The number of benzene rings is 1. The molecule has 0 aliphatic carbocycles. The number of halogens is 1. The van der Waals surface area contributed by atoms with E-state index in [1.54, 1.807) is 0 Å². The van der Waals surface area contributed by atoms with Crippen LogP contribution in [0.2, 0.25) is 5.02 Å². The lowest BCUT2D eigenvalue weighted by molar-refractivity contribution is 0.0607. The van der Waals surface area contributed by atoms with Gasteiger partial charge in [-0.1, -0.05) is 24.6 Å². The summed E-state index contributed by atoms with van der Waals surface area (Å²) in [6.45, 7) is 3.97. The monoisotopic (exact) mass is 309 g/mol. The Hall–Kier alpha value is -1.52. The van der Waals surface area contributed by atoms with Gasteiger partial charge in [0.2, 0.25) is 0 Å². The average molecular weight is 310 g/mol. The first-order valence-electron chi connectivity index (χ1n) is 6.25. The Kier molecular flexibility index (Phi) is 4.35. The number of anilines is 1. The smallest absolute Gasteiger partial charge is 0.350 e. The molecule has 3 nitrogen and oxygen atoms in total. The number of thiophene rings is 1. The summed E-state index contributed by atoms with van der Waals surface area (Å²) in [7, 11) is 1.36. The Morgan fingerprint density at radius 3 is 2.70 bits per heavy atom. The van der Waals surface area contributed by atoms with E-state index in [4.69, 9.17) is 22.1 Å². The molecule has 0 saturated carbocycles. The maximum absolute atomic E-state index is 11.8. The van der Waals surface area contributed by atoms with Gasteiger partial charge >= 0.3 is 5.97 Å². The fourth-order valence-corrected chi connectivity index (χ4v) is 3.44. The molecule has 1 aromatic heterocycles. The Morgan fingerprint density at radius 2 is 2.15 bits per heavy atom. The summed E-state index contributed by atoms with van der Waals surface area (Å²) < 4.78 is 4.78. The van der Waals surface area contributed by atoms with E-state index >= 15 is 0 Å². The topological polar surface area (TPSA) is 52.3 Å². The summed E-state index contributed by atoms with van der Waals surface area (Å²) in [5.74, 6) is -0.390. The number of hydrogen-bond acceptors (Lipinski definition) is 4. The molecule has 1 aromatic carbocycles. The van der Waals surface area contributed by atoms with Crippen LogP contribution in [0.5, 0.6) is 0 Å². The van der Waals surface area contributed by atoms with E-state index < -0.39 is 0 Å². The van der Waals surface area contributed by atoms with Crippen molar-refractivity contribution in [2.24, 2.45) is 0 Å². The molecule has 0 bridgehead atoms. The van der Waals surface area contributed by atoms with Crippen molar-refractivity contribution in [1.82, 2.24) is 0 Å². The lowest BCUT2D eigenvalue weighted by atomic mass is 10.0. The number of carbonyl (C=O) groups is 1. The molecule has 5 heteroatoms. The molecule has 0 unspecified atom stereocenters. The van der Waals surface area contributed by atoms with Gasteiger partial charge in [-0.2, -0.15) is 0 Å². The highest BCUT2D eigenvalue weighted by Crippen LogP contribution is 2.40. The van der Waals surface area contributed by atoms with E-state index in [2.05, 4.69) is 0 Å². The first kappa shape index (κ1) is 14.9. The molecule has 0 saturated heterocycles. The Balaban J connectivity index is 2.61. The second kappa shape index (κ2) is 5.85. The molecule has 0 aliphatic heterocycles. The van der Waals surface area contributed by atoms with Gasteiger partial charge in [-0.05, 0) is 42.2 Å². The predicted molar refractivity (Wildman–Crippen MR) is 84.6 cm³/mol. The fourth-order valence-electron chi connectivity index (χ4n) is 2.09. The Bertz CT molecular complexity index is 664. The van der Waals surface area contributed by atoms with Crippen LogP contribution in [0.25, 0.3) is 10.4 Å². The molecule has 2 rings (SSSR count). The zero-order valence-electron chi connectivity index (χ0n) is 11.6. The zero-order chi connectivity index (χ0) is 14.9. The van der Waals surface area contributed by atoms with E-state index in [0.29, 0.717) is 10.6 Å². The maximum Gasteiger partial charge on any atom is 0.350 e. The summed E-state index contributed by atoms with van der Waals surface area (Å²) in [6, 6.07) is 5.81. The van der Waals surface area contributed by atoms with Crippen molar-refractivity contribution in [2.75, 3.05) is 12.8 Å². The van der Waals surface area contributed by atoms with Crippen LogP contribution in [-0.2, 0) is 11.2 Å². The fraction of sp³-hybridized carbons (Fsp3) is 0.267. The van der Waals surface area contributed by atoms with Crippen LogP contribution < -0.4 is 5.73 Å².